The van der Waals surface area contributed by atoms with Crippen LogP contribution in [0.4, 0.5) is 0 Å². The predicted octanol–water partition coefficient (Wildman–Crippen LogP) is 3.25. The van der Waals surface area contributed by atoms with Crippen molar-refractivity contribution in [1.29, 1.82) is 0 Å². The molecule has 0 aliphatic heterocycles. The van der Waals surface area contributed by atoms with Crippen molar-refractivity contribution in [2.24, 2.45) is 0 Å². The molecule has 0 aromatic heterocycles. The van der Waals surface area contributed by atoms with Crippen LogP contribution in [0.25, 0.3) is 0 Å². The summed E-state index contributed by atoms with van der Waals surface area (Å²) in [5, 5.41) is 14.2. The number of ether oxygens (including phenoxy) is 5. The number of rotatable bonds is 14. The van der Waals surface area contributed by atoms with Gasteiger partial charge >= 0.3 is 7.69 Å². The van der Waals surface area contributed by atoms with E-state index in [2.05, 4.69) is 39.3 Å². The average Bonchev–Trinajstić information content (AvgIpc) is 2.63. The zero-order valence-electron chi connectivity index (χ0n) is 19.8. The molecule has 1 aromatic rings. The van der Waals surface area contributed by atoms with Crippen LogP contribution in [0.1, 0.15) is 6.92 Å². The van der Waals surface area contributed by atoms with Crippen LogP contribution in [-0.4, -0.2) is 73.0 Å². The van der Waals surface area contributed by atoms with Crippen LogP contribution in [-0.2, 0) is 14.2 Å². The molecule has 1 atom stereocenters. The summed E-state index contributed by atoms with van der Waals surface area (Å²) >= 11 is 0. The fraction of sp³-hybridized carbons (Fsp3) is 0.700. The number of hydrogen-bond donors (Lipinski definition) is 2. The van der Waals surface area contributed by atoms with E-state index in [4.69, 9.17) is 33.7 Å². The predicted molar refractivity (Wildman–Crippen MR) is 128 cm³/mol. The molecule has 10 heteroatoms. The summed E-state index contributed by atoms with van der Waals surface area (Å²) in [5.74, 6) is 1.41. The van der Waals surface area contributed by atoms with E-state index in [0.717, 1.165) is 24.2 Å². The largest absolute Gasteiger partial charge is 0.491 e. The lowest BCUT2D eigenvalue weighted by atomic mass is 10.3. The summed E-state index contributed by atoms with van der Waals surface area (Å²) in [7, 11) is -3.32. The monoisotopic (exact) mass is 460 g/mol. The Hall–Kier alpha value is -0.881. The lowest BCUT2D eigenvalue weighted by Gasteiger charge is -2.28. The third-order valence-corrected chi connectivity index (χ3v) is 7.21. The van der Waals surface area contributed by atoms with Gasteiger partial charge in [-0.15, -0.1) is 0 Å². The van der Waals surface area contributed by atoms with Crippen LogP contribution in [0.15, 0.2) is 24.3 Å². The molecule has 0 bridgehead atoms. The van der Waals surface area contributed by atoms with Gasteiger partial charge in [0.2, 0.25) is 0 Å². The van der Waals surface area contributed by atoms with Crippen molar-refractivity contribution in [3.8, 4) is 11.5 Å². The third kappa shape index (κ3) is 15.9. The first-order chi connectivity index (χ1) is 14.0. The quantitative estimate of drug-likeness (QED) is 0.250. The summed E-state index contributed by atoms with van der Waals surface area (Å²) in [6.45, 7) is 18.4. The van der Waals surface area contributed by atoms with Crippen molar-refractivity contribution >= 4 is 23.8 Å². The lowest BCUT2D eigenvalue weighted by molar-refractivity contribution is -0.0971. The Balaban J connectivity index is 0.00000263. The summed E-state index contributed by atoms with van der Waals surface area (Å²) in [6.07, 6.45) is 0. The fourth-order valence-corrected chi connectivity index (χ4v) is 4.26. The topological polar surface area (TPSA) is 86.6 Å². The molecule has 0 aliphatic carbocycles. The second kappa shape index (κ2) is 15.9. The molecule has 0 fully saturated rings. The smallest absolute Gasteiger partial charge is 0.432 e. The van der Waals surface area contributed by atoms with Crippen molar-refractivity contribution in [2.45, 2.75) is 58.2 Å². The number of hydrogen-bond acceptors (Lipinski definition) is 7. The minimum absolute atomic E-state index is 0.103. The first-order valence-corrected chi connectivity index (χ1v) is 17.7. The highest BCUT2D eigenvalue weighted by molar-refractivity contribution is 6.77. The van der Waals surface area contributed by atoms with E-state index in [1.54, 1.807) is 0 Å². The maximum Gasteiger partial charge on any atom is 0.432 e. The van der Waals surface area contributed by atoms with Gasteiger partial charge < -0.3 is 33.7 Å². The highest BCUT2D eigenvalue weighted by Crippen LogP contribution is 2.20. The SMILES string of the molecule is CCOC(OCCOc1cccc(OCOCC[Si](C)(C)C)c1)[Si](C)(C)C.OBO. The molecule has 0 spiro atoms. The van der Waals surface area contributed by atoms with Crippen LogP contribution >= 0.6 is 0 Å². The second-order valence-corrected chi connectivity index (χ2v) is 19.8. The summed E-state index contributed by atoms with van der Waals surface area (Å²) in [6, 6.07) is 8.75. The highest BCUT2D eigenvalue weighted by atomic mass is 28.3. The zero-order chi connectivity index (χ0) is 23.0. The summed E-state index contributed by atoms with van der Waals surface area (Å²) < 4.78 is 28.6. The van der Waals surface area contributed by atoms with Gasteiger partial charge in [-0.25, -0.2) is 0 Å². The van der Waals surface area contributed by atoms with Crippen LogP contribution in [0, 0.1) is 0 Å². The van der Waals surface area contributed by atoms with E-state index in [1.807, 2.05) is 31.2 Å². The van der Waals surface area contributed by atoms with Crippen molar-refractivity contribution in [1.82, 2.24) is 0 Å². The Labute approximate surface area is 185 Å². The van der Waals surface area contributed by atoms with Crippen molar-refractivity contribution in [2.75, 3.05) is 33.2 Å². The van der Waals surface area contributed by atoms with Gasteiger partial charge in [0.15, 0.2) is 6.79 Å². The molecule has 0 radical (unpaired) electrons. The normalized spacial score (nSPS) is 12.6. The summed E-state index contributed by atoms with van der Waals surface area (Å²) in [4.78, 5) is 0. The first-order valence-electron chi connectivity index (χ1n) is 10.4. The van der Waals surface area contributed by atoms with Crippen molar-refractivity contribution in [3.05, 3.63) is 24.3 Å². The number of benzene rings is 1. The van der Waals surface area contributed by atoms with E-state index in [0.29, 0.717) is 19.8 Å². The molecular weight excluding hydrogens is 419 g/mol. The molecule has 174 valence electrons. The van der Waals surface area contributed by atoms with Crippen LogP contribution < -0.4 is 9.47 Å². The molecule has 1 unspecified atom stereocenters. The van der Waals surface area contributed by atoms with Crippen LogP contribution in [0.2, 0.25) is 45.3 Å². The molecular formula is C20H41BO7Si2. The van der Waals surface area contributed by atoms with Gasteiger partial charge in [0, 0.05) is 27.4 Å². The Morgan fingerprint density at radius 1 is 0.900 bits per heavy atom. The lowest BCUT2D eigenvalue weighted by Crippen LogP contribution is -2.43. The molecule has 7 nitrogen and oxygen atoms in total. The molecule has 0 heterocycles. The molecule has 0 aliphatic rings. The van der Waals surface area contributed by atoms with Gasteiger partial charge in [-0.05, 0) is 25.1 Å². The zero-order valence-corrected chi connectivity index (χ0v) is 21.8. The van der Waals surface area contributed by atoms with E-state index in [-0.39, 0.29) is 12.7 Å². The standard InChI is InChI=1S/C20H38O5Si2.BH3O2/c1-8-22-20(27(5,6)7)24-13-12-23-18-10-9-11-19(16-18)25-17-21-14-15-26(2,3)4;2-1-3/h9-11,16,20H,8,12-15,17H2,1-7H3;1-3H. The van der Waals surface area contributed by atoms with E-state index in [9.17, 15) is 0 Å². The van der Waals surface area contributed by atoms with Gasteiger partial charge in [-0.3, -0.25) is 0 Å². The van der Waals surface area contributed by atoms with Crippen LogP contribution in [0.5, 0.6) is 11.5 Å². The summed E-state index contributed by atoms with van der Waals surface area (Å²) in [5.41, 5.74) is 0. The Kier molecular flexibility index (Phi) is 15.4. The van der Waals surface area contributed by atoms with Crippen LogP contribution in [0.3, 0.4) is 0 Å². The highest BCUT2D eigenvalue weighted by Gasteiger charge is 2.28. The Morgan fingerprint density at radius 3 is 2.03 bits per heavy atom. The van der Waals surface area contributed by atoms with Gasteiger partial charge in [-0.2, -0.15) is 0 Å². The van der Waals surface area contributed by atoms with Gasteiger partial charge in [0.1, 0.15) is 32.1 Å². The van der Waals surface area contributed by atoms with E-state index >= 15 is 0 Å². The molecule has 1 rings (SSSR count). The molecule has 0 saturated carbocycles. The van der Waals surface area contributed by atoms with Crippen molar-refractivity contribution < 1.29 is 33.7 Å². The molecule has 2 N–H and O–H groups in total. The third-order valence-electron chi connectivity index (χ3n) is 3.76. The van der Waals surface area contributed by atoms with Gasteiger partial charge in [-0.1, -0.05) is 45.3 Å². The van der Waals surface area contributed by atoms with Gasteiger partial charge in [0.05, 0.1) is 6.61 Å². The Morgan fingerprint density at radius 2 is 1.50 bits per heavy atom. The van der Waals surface area contributed by atoms with E-state index < -0.39 is 23.8 Å². The minimum atomic E-state index is -1.51. The molecule has 0 amide bonds. The van der Waals surface area contributed by atoms with Crippen molar-refractivity contribution in [3.63, 3.8) is 0 Å². The molecule has 0 saturated heterocycles. The Bertz CT molecular complexity index is 551. The first kappa shape index (κ1) is 29.1. The molecule has 30 heavy (non-hydrogen) atoms. The fourth-order valence-electron chi connectivity index (χ4n) is 2.21. The van der Waals surface area contributed by atoms with Gasteiger partial charge in [0.25, 0.3) is 0 Å². The average molecular weight is 461 g/mol. The second-order valence-electron chi connectivity index (χ2n) is 8.97. The molecule has 1 aromatic carbocycles. The maximum absolute atomic E-state index is 7.12. The van der Waals surface area contributed by atoms with E-state index in [1.165, 1.54) is 0 Å². The maximum atomic E-state index is 7.12. The minimum Gasteiger partial charge on any atom is -0.491 e.